The summed E-state index contributed by atoms with van der Waals surface area (Å²) in [4.78, 5) is 36.6. The smallest absolute Gasteiger partial charge is 0.289 e. The zero-order valence-electron chi connectivity index (χ0n) is 17.6. The standard InChI is InChI=1S/C24H24N4O4/c29-21(16-20-15-19(25-17-26-20)9-8-18-5-2-1-3-6-18)23(30)27-10-12-28(13-11-27)24(31)22-7-4-14-32-22/h1-7,14-17,29H,8-13H2/b21-16-. The molecule has 8 heteroatoms. The van der Waals surface area contributed by atoms with Gasteiger partial charge in [0.05, 0.1) is 12.0 Å². The van der Waals surface area contributed by atoms with E-state index in [0.717, 1.165) is 18.5 Å². The first-order chi connectivity index (χ1) is 15.6. The molecule has 1 aromatic carbocycles. The second-order valence-corrected chi connectivity index (χ2v) is 7.51. The third kappa shape index (κ3) is 5.21. The number of hydrogen-bond acceptors (Lipinski definition) is 6. The summed E-state index contributed by atoms with van der Waals surface area (Å²) in [6, 6.07) is 15.2. The first-order valence-electron chi connectivity index (χ1n) is 10.5. The molecule has 1 aliphatic heterocycles. The normalized spacial score (nSPS) is 14.4. The van der Waals surface area contributed by atoms with Crippen LogP contribution < -0.4 is 0 Å². The van der Waals surface area contributed by atoms with Crippen molar-refractivity contribution in [1.29, 1.82) is 0 Å². The zero-order chi connectivity index (χ0) is 22.3. The molecule has 2 aromatic heterocycles. The number of benzene rings is 1. The number of piperazine rings is 1. The number of rotatable bonds is 6. The number of aliphatic hydroxyl groups is 1. The highest BCUT2D eigenvalue weighted by atomic mass is 16.3. The van der Waals surface area contributed by atoms with Crippen molar-refractivity contribution in [1.82, 2.24) is 19.8 Å². The van der Waals surface area contributed by atoms with Crippen LogP contribution in [0.1, 0.15) is 27.5 Å². The molecule has 1 N–H and O–H groups in total. The fraction of sp³-hybridized carbons (Fsp3) is 0.250. The van der Waals surface area contributed by atoms with Crippen molar-refractivity contribution in [3.05, 3.63) is 89.6 Å². The molecule has 0 saturated carbocycles. The maximum absolute atomic E-state index is 12.6. The molecule has 0 atom stereocenters. The maximum Gasteiger partial charge on any atom is 0.289 e. The number of carbonyl (C=O) groups excluding carboxylic acids is 2. The molecular formula is C24H24N4O4. The first-order valence-corrected chi connectivity index (χ1v) is 10.5. The molecule has 1 fully saturated rings. The fourth-order valence-corrected chi connectivity index (χ4v) is 3.58. The summed E-state index contributed by atoms with van der Waals surface area (Å²) < 4.78 is 5.15. The number of nitrogens with zero attached hydrogens (tertiary/aromatic N) is 4. The van der Waals surface area contributed by atoms with Crippen LogP contribution in [0.3, 0.4) is 0 Å². The Bertz CT molecular complexity index is 1090. The van der Waals surface area contributed by atoms with Crippen molar-refractivity contribution in [2.75, 3.05) is 26.2 Å². The van der Waals surface area contributed by atoms with Crippen LogP contribution in [-0.4, -0.2) is 62.9 Å². The number of furan rings is 1. The Labute approximate surface area is 185 Å². The van der Waals surface area contributed by atoms with Crippen LogP contribution in [0.4, 0.5) is 0 Å². The van der Waals surface area contributed by atoms with Crippen molar-refractivity contribution in [3.8, 4) is 0 Å². The Balaban J connectivity index is 1.33. The van der Waals surface area contributed by atoms with Gasteiger partial charge in [0.2, 0.25) is 0 Å². The monoisotopic (exact) mass is 432 g/mol. The minimum Gasteiger partial charge on any atom is -0.503 e. The van der Waals surface area contributed by atoms with E-state index in [4.69, 9.17) is 4.42 Å². The quantitative estimate of drug-likeness (QED) is 0.475. The van der Waals surface area contributed by atoms with Gasteiger partial charge in [-0.2, -0.15) is 0 Å². The second kappa shape index (κ2) is 9.91. The Morgan fingerprint density at radius 1 is 0.969 bits per heavy atom. The van der Waals surface area contributed by atoms with E-state index >= 15 is 0 Å². The lowest BCUT2D eigenvalue weighted by molar-refractivity contribution is -0.131. The van der Waals surface area contributed by atoms with Gasteiger partial charge in [0.1, 0.15) is 6.33 Å². The van der Waals surface area contributed by atoms with E-state index in [1.807, 2.05) is 18.2 Å². The van der Waals surface area contributed by atoms with Crippen LogP contribution in [0.15, 0.2) is 71.3 Å². The molecule has 0 radical (unpaired) electrons. The van der Waals surface area contributed by atoms with E-state index in [1.165, 1.54) is 29.1 Å². The third-order valence-corrected chi connectivity index (χ3v) is 5.35. The van der Waals surface area contributed by atoms with Gasteiger partial charge in [-0.3, -0.25) is 9.59 Å². The van der Waals surface area contributed by atoms with Gasteiger partial charge in [0.15, 0.2) is 11.5 Å². The summed E-state index contributed by atoms with van der Waals surface area (Å²) in [6.07, 6.45) is 5.82. The Morgan fingerprint density at radius 2 is 1.72 bits per heavy atom. The van der Waals surface area contributed by atoms with E-state index < -0.39 is 5.91 Å². The second-order valence-electron chi connectivity index (χ2n) is 7.51. The lowest BCUT2D eigenvalue weighted by Crippen LogP contribution is -2.50. The predicted octanol–water partition coefficient (Wildman–Crippen LogP) is 2.74. The van der Waals surface area contributed by atoms with Crippen molar-refractivity contribution in [2.24, 2.45) is 0 Å². The van der Waals surface area contributed by atoms with Crippen molar-refractivity contribution < 1.29 is 19.1 Å². The van der Waals surface area contributed by atoms with Gasteiger partial charge in [-0.15, -0.1) is 0 Å². The maximum atomic E-state index is 12.6. The molecule has 0 unspecified atom stereocenters. The van der Waals surface area contributed by atoms with Gasteiger partial charge in [-0.1, -0.05) is 30.3 Å². The van der Waals surface area contributed by atoms with Gasteiger partial charge in [0.25, 0.3) is 11.8 Å². The lowest BCUT2D eigenvalue weighted by Gasteiger charge is -2.34. The van der Waals surface area contributed by atoms with Crippen LogP contribution in [-0.2, 0) is 17.6 Å². The van der Waals surface area contributed by atoms with E-state index in [0.29, 0.717) is 31.9 Å². The number of aromatic nitrogens is 2. The van der Waals surface area contributed by atoms with E-state index in [2.05, 4.69) is 22.1 Å². The Morgan fingerprint density at radius 3 is 2.44 bits per heavy atom. The summed E-state index contributed by atoms with van der Waals surface area (Å²) >= 11 is 0. The van der Waals surface area contributed by atoms with Crippen LogP contribution in [0.2, 0.25) is 0 Å². The first kappa shape index (κ1) is 21.3. The third-order valence-electron chi connectivity index (χ3n) is 5.35. The van der Waals surface area contributed by atoms with Crippen molar-refractivity contribution in [3.63, 3.8) is 0 Å². The van der Waals surface area contributed by atoms with Crippen LogP contribution in [0, 0.1) is 0 Å². The van der Waals surface area contributed by atoms with E-state index in [9.17, 15) is 14.7 Å². The van der Waals surface area contributed by atoms with Gasteiger partial charge in [-0.25, -0.2) is 9.97 Å². The molecule has 32 heavy (non-hydrogen) atoms. The molecular weight excluding hydrogens is 408 g/mol. The summed E-state index contributed by atoms with van der Waals surface area (Å²) in [7, 11) is 0. The average molecular weight is 432 g/mol. The molecule has 0 spiro atoms. The fourth-order valence-electron chi connectivity index (χ4n) is 3.58. The number of aliphatic hydroxyl groups excluding tert-OH is 1. The molecule has 2 amide bonds. The van der Waals surface area contributed by atoms with Crippen LogP contribution >= 0.6 is 0 Å². The number of hydrogen-bond donors (Lipinski definition) is 1. The van der Waals surface area contributed by atoms with Gasteiger partial charge >= 0.3 is 0 Å². The topological polar surface area (TPSA) is 99.8 Å². The van der Waals surface area contributed by atoms with Crippen LogP contribution in [0.5, 0.6) is 0 Å². The lowest BCUT2D eigenvalue weighted by atomic mass is 10.1. The highest BCUT2D eigenvalue weighted by Gasteiger charge is 2.27. The Hall–Kier alpha value is -3.94. The highest BCUT2D eigenvalue weighted by molar-refractivity contribution is 5.95. The summed E-state index contributed by atoms with van der Waals surface area (Å²) in [5.74, 6) is -0.798. The molecule has 3 aromatic rings. The molecule has 1 saturated heterocycles. The predicted molar refractivity (Wildman–Crippen MR) is 118 cm³/mol. The van der Waals surface area contributed by atoms with E-state index in [1.54, 1.807) is 23.1 Å². The molecule has 0 bridgehead atoms. The minimum absolute atomic E-state index is 0.203. The molecule has 164 valence electrons. The zero-order valence-corrected chi connectivity index (χ0v) is 17.6. The summed E-state index contributed by atoms with van der Waals surface area (Å²) in [5.41, 5.74) is 2.52. The summed E-state index contributed by atoms with van der Waals surface area (Å²) in [5, 5.41) is 10.4. The van der Waals surface area contributed by atoms with Crippen molar-refractivity contribution in [2.45, 2.75) is 12.8 Å². The van der Waals surface area contributed by atoms with Crippen molar-refractivity contribution >= 4 is 17.9 Å². The van der Waals surface area contributed by atoms with Gasteiger partial charge in [0, 0.05) is 37.9 Å². The summed E-state index contributed by atoms with van der Waals surface area (Å²) in [6.45, 7) is 1.40. The number of carbonyl (C=O) groups is 2. The van der Waals surface area contributed by atoms with Gasteiger partial charge in [-0.05, 0) is 36.6 Å². The number of aryl methyl sites for hydroxylation is 2. The molecule has 8 nitrogen and oxygen atoms in total. The largest absolute Gasteiger partial charge is 0.503 e. The van der Waals surface area contributed by atoms with E-state index in [-0.39, 0.29) is 17.4 Å². The SMILES string of the molecule is O=C(/C(O)=C/c1cc(CCc2ccccc2)ncn1)N1CCN(C(=O)c2ccco2)CC1. The number of amides is 2. The highest BCUT2D eigenvalue weighted by Crippen LogP contribution is 2.13. The van der Waals surface area contributed by atoms with Crippen LogP contribution in [0.25, 0.3) is 6.08 Å². The average Bonchev–Trinajstić information content (AvgIpc) is 3.38. The van der Waals surface area contributed by atoms with Gasteiger partial charge < -0.3 is 19.3 Å². The Kier molecular flexibility index (Phi) is 6.60. The molecule has 3 heterocycles. The minimum atomic E-state index is -0.487. The molecule has 1 aliphatic rings. The molecule has 4 rings (SSSR count). The molecule has 0 aliphatic carbocycles.